The van der Waals surface area contributed by atoms with Crippen LogP contribution in [0.1, 0.15) is 79.7 Å². The number of hydrogen-bond donors (Lipinski definition) is 2. The van der Waals surface area contributed by atoms with Crippen molar-refractivity contribution in [3.63, 3.8) is 0 Å². The van der Waals surface area contributed by atoms with Crippen LogP contribution in [0.15, 0.2) is 42.5 Å². The first-order valence-electron chi connectivity index (χ1n) is 13.2. The predicted octanol–water partition coefficient (Wildman–Crippen LogP) is 6.56. The average Bonchev–Trinajstić information content (AvgIpc) is 3.67. The molecular formula is C30H35FN2O4S. The maximum absolute atomic E-state index is 15.4. The number of carbonyl (C=O) groups is 2. The Morgan fingerprint density at radius 3 is 2.58 bits per heavy atom. The molecule has 0 bridgehead atoms. The Bertz CT molecular complexity index is 1320. The van der Waals surface area contributed by atoms with Crippen molar-refractivity contribution in [1.82, 2.24) is 9.55 Å². The molecule has 3 aromatic rings. The van der Waals surface area contributed by atoms with Gasteiger partial charge in [0.25, 0.3) is 6.01 Å². The number of carbonyl (C=O) groups excluding carboxylic acids is 1. The van der Waals surface area contributed by atoms with Crippen molar-refractivity contribution in [3.05, 3.63) is 70.8 Å². The minimum absolute atomic E-state index is 0.0992. The lowest BCUT2D eigenvalue weighted by Gasteiger charge is -2.15. The fourth-order valence-electron chi connectivity index (χ4n) is 4.75. The number of ketones is 1. The van der Waals surface area contributed by atoms with E-state index in [9.17, 15) is 14.7 Å². The first kappa shape index (κ1) is 27.9. The lowest BCUT2D eigenvalue weighted by molar-refractivity contribution is -0.118. The van der Waals surface area contributed by atoms with Crippen LogP contribution >= 0.6 is 12.6 Å². The van der Waals surface area contributed by atoms with E-state index >= 15 is 4.39 Å². The highest BCUT2D eigenvalue weighted by molar-refractivity contribution is 7.81. The van der Waals surface area contributed by atoms with Gasteiger partial charge in [-0.1, -0.05) is 44.2 Å². The van der Waals surface area contributed by atoms with Gasteiger partial charge in [0, 0.05) is 23.6 Å². The van der Waals surface area contributed by atoms with Gasteiger partial charge in [0.05, 0.1) is 29.7 Å². The molecule has 1 fully saturated rings. The maximum atomic E-state index is 15.4. The molecule has 0 radical (unpaired) electrons. The zero-order valence-electron chi connectivity index (χ0n) is 22.1. The van der Waals surface area contributed by atoms with Crippen LogP contribution < -0.4 is 4.74 Å². The molecule has 0 saturated heterocycles. The third kappa shape index (κ3) is 6.46. The van der Waals surface area contributed by atoms with Crippen LogP contribution in [0.3, 0.4) is 0 Å². The molecule has 0 amide bonds. The summed E-state index contributed by atoms with van der Waals surface area (Å²) in [5.74, 6) is -0.688. The highest BCUT2D eigenvalue weighted by atomic mass is 32.1. The molecule has 1 heterocycles. The monoisotopic (exact) mass is 538 g/mol. The molecule has 1 atom stereocenters. The number of rotatable bonds is 13. The number of thiol groups is 1. The Balaban J connectivity index is 1.64. The molecule has 4 rings (SSSR count). The Morgan fingerprint density at radius 1 is 1.21 bits per heavy atom. The molecule has 1 N–H and O–H groups in total. The summed E-state index contributed by atoms with van der Waals surface area (Å²) in [5.41, 5.74) is 3.35. The van der Waals surface area contributed by atoms with Gasteiger partial charge in [-0.05, 0) is 61.8 Å². The topological polar surface area (TPSA) is 81.4 Å². The summed E-state index contributed by atoms with van der Waals surface area (Å²) in [7, 11) is 0. The van der Waals surface area contributed by atoms with E-state index in [4.69, 9.17) is 9.72 Å². The van der Waals surface area contributed by atoms with Crippen molar-refractivity contribution in [3.8, 4) is 17.1 Å². The van der Waals surface area contributed by atoms with E-state index in [-0.39, 0.29) is 23.1 Å². The van der Waals surface area contributed by atoms with E-state index in [0.717, 1.165) is 30.7 Å². The van der Waals surface area contributed by atoms with Crippen molar-refractivity contribution >= 4 is 24.4 Å². The van der Waals surface area contributed by atoms with Gasteiger partial charge in [-0.2, -0.15) is 17.6 Å². The van der Waals surface area contributed by atoms with E-state index in [1.807, 2.05) is 11.5 Å². The maximum Gasteiger partial charge on any atom is 0.336 e. The smallest absolute Gasteiger partial charge is 0.336 e. The predicted molar refractivity (Wildman–Crippen MR) is 149 cm³/mol. The number of Topliss-reactive ketones (excluding diaryl/α,β-unsaturated/α-hetero) is 1. The second-order valence-electron chi connectivity index (χ2n) is 10.3. The van der Waals surface area contributed by atoms with E-state index < -0.39 is 11.8 Å². The summed E-state index contributed by atoms with van der Waals surface area (Å²) in [6, 6.07) is 11.8. The molecule has 8 heteroatoms. The van der Waals surface area contributed by atoms with Crippen molar-refractivity contribution in [1.29, 1.82) is 0 Å². The van der Waals surface area contributed by atoms with Crippen LogP contribution in [0, 0.1) is 11.7 Å². The number of ether oxygens (including phenoxy) is 1. The number of imidazole rings is 1. The second kappa shape index (κ2) is 12.2. The molecular weight excluding hydrogens is 503 g/mol. The molecule has 38 heavy (non-hydrogen) atoms. The summed E-state index contributed by atoms with van der Waals surface area (Å²) in [4.78, 5) is 29.2. The van der Waals surface area contributed by atoms with Gasteiger partial charge in [0.15, 0.2) is 0 Å². The molecule has 0 spiro atoms. The Morgan fingerprint density at radius 2 is 1.95 bits per heavy atom. The van der Waals surface area contributed by atoms with Gasteiger partial charge in [-0.3, -0.25) is 9.36 Å². The molecule has 1 aromatic heterocycles. The largest absolute Gasteiger partial charge is 0.478 e. The Labute approximate surface area is 228 Å². The Kier molecular flexibility index (Phi) is 8.92. The quantitative estimate of drug-likeness (QED) is 0.241. The number of carboxylic acid groups (broad SMARTS) is 1. The fourth-order valence-corrected chi connectivity index (χ4v) is 5.30. The highest BCUT2D eigenvalue weighted by Crippen LogP contribution is 2.43. The fraction of sp³-hybridized carbons (Fsp3) is 0.433. The van der Waals surface area contributed by atoms with E-state index in [0.29, 0.717) is 54.0 Å². The second-order valence-corrected chi connectivity index (χ2v) is 10.9. The number of aromatic nitrogens is 2. The Hall–Kier alpha value is -3.13. The van der Waals surface area contributed by atoms with Crippen LogP contribution in [-0.2, 0) is 17.8 Å². The molecule has 2 aromatic carbocycles. The van der Waals surface area contributed by atoms with Crippen LogP contribution in [0.2, 0.25) is 0 Å². The number of hydrogen-bond acceptors (Lipinski definition) is 5. The van der Waals surface area contributed by atoms with E-state index in [1.54, 1.807) is 30.3 Å². The summed E-state index contributed by atoms with van der Waals surface area (Å²) >= 11 is 4.52. The van der Waals surface area contributed by atoms with Gasteiger partial charge in [0.2, 0.25) is 0 Å². The molecule has 0 aliphatic heterocycles. The average molecular weight is 539 g/mol. The van der Waals surface area contributed by atoms with Crippen LogP contribution in [0.25, 0.3) is 11.1 Å². The summed E-state index contributed by atoms with van der Waals surface area (Å²) < 4.78 is 23.2. The van der Waals surface area contributed by atoms with Gasteiger partial charge in [-0.15, -0.1) is 0 Å². The van der Waals surface area contributed by atoms with Crippen molar-refractivity contribution < 1.29 is 23.8 Å². The number of carboxylic acids is 1. The normalized spacial score (nSPS) is 14.1. The zero-order chi connectivity index (χ0) is 27.4. The van der Waals surface area contributed by atoms with E-state index in [2.05, 4.69) is 26.5 Å². The number of halogens is 1. The zero-order valence-corrected chi connectivity index (χ0v) is 23.0. The molecule has 1 aliphatic rings. The van der Waals surface area contributed by atoms with Gasteiger partial charge in [-0.25, -0.2) is 9.18 Å². The van der Waals surface area contributed by atoms with Crippen molar-refractivity contribution in [2.75, 3.05) is 6.61 Å². The van der Waals surface area contributed by atoms with Gasteiger partial charge in [0.1, 0.15) is 11.6 Å². The summed E-state index contributed by atoms with van der Waals surface area (Å²) in [5, 5.41) is 9.22. The molecule has 0 unspecified atom stereocenters. The molecule has 202 valence electrons. The third-order valence-electron chi connectivity index (χ3n) is 6.83. The van der Waals surface area contributed by atoms with Crippen LogP contribution in [-0.4, -0.2) is 38.3 Å². The number of nitrogens with zero attached hydrogens (tertiary/aromatic N) is 2. The van der Waals surface area contributed by atoms with E-state index in [1.165, 1.54) is 12.1 Å². The van der Waals surface area contributed by atoms with Crippen molar-refractivity contribution in [2.45, 2.75) is 70.6 Å². The highest BCUT2D eigenvalue weighted by Gasteiger charge is 2.32. The molecule has 1 aliphatic carbocycles. The summed E-state index contributed by atoms with van der Waals surface area (Å²) in [6.45, 7) is 6.64. The first-order chi connectivity index (χ1) is 18.2. The third-order valence-corrected chi connectivity index (χ3v) is 7.33. The summed E-state index contributed by atoms with van der Waals surface area (Å²) in [6.07, 6.45) is 3.64. The number of benzene rings is 2. The lowest BCUT2D eigenvalue weighted by atomic mass is 9.98. The van der Waals surface area contributed by atoms with Gasteiger partial charge < -0.3 is 9.84 Å². The minimum Gasteiger partial charge on any atom is -0.478 e. The minimum atomic E-state index is -1.06. The lowest BCUT2D eigenvalue weighted by Crippen LogP contribution is -2.18. The van der Waals surface area contributed by atoms with Gasteiger partial charge >= 0.3 is 5.97 Å². The molecule has 1 saturated carbocycles. The molecule has 6 nitrogen and oxygen atoms in total. The number of aromatic carboxylic acids is 1. The standard InChI is InChI=1S/C30H35FN2O4S/c1-4-37-30-32-28(19-9-10-19)25(13-14-26(34)27(38)15-18(2)3)33(30)17-21-12-11-20(16-24(21)31)22-7-5-6-8-23(22)29(35)36/h5-8,11-12,16,18-19,27,38H,4,9-10,13-15,17H2,1-3H3,(H,35,36)/t27-/m0/s1. The van der Waals surface area contributed by atoms with Crippen LogP contribution in [0.5, 0.6) is 6.01 Å². The first-order valence-corrected chi connectivity index (χ1v) is 13.7. The van der Waals surface area contributed by atoms with Crippen molar-refractivity contribution in [2.24, 2.45) is 5.92 Å². The van der Waals surface area contributed by atoms with Crippen LogP contribution in [0.4, 0.5) is 4.39 Å². The SMILES string of the molecule is CCOc1nc(C2CC2)c(CCC(=O)[C@@H](S)CC(C)C)n1Cc1ccc(-c2ccccc2C(=O)O)cc1F.